The lowest BCUT2D eigenvalue weighted by Crippen LogP contribution is -1.88. The Hall–Kier alpha value is -3.62. The number of aryl methyl sites for hydroxylation is 2. The van der Waals surface area contributed by atoms with Crippen molar-refractivity contribution < 1.29 is 4.74 Å². The van der Waals surface area contributed by atoms with E-state index in [1.807, 2.05) is 23.5 Å². The number of methoxy groups -OCH3 is 1. The molecule has 0 amide bonds. The number of rotatable bonds is 5. The van der Waals surface area contributed by atoms with Crippen LogP contribution >= 0.6 is 11.3 Å². The van der Waals surface area contributed by atoms with Gasteiger partial charge in [-0.2, -0.15) is 0 Å². The fourth-order valence-corrected chi connectivity index (χ4v) is 5.71. The van der Waals surface area contributed by atoms with Crippen LogP contribution in [0.1, 0.15) is 11.1 Å². The first-order valence-electron chi connectivity index (χ1n) is 11.2. The normalized spacial score (nSPS) is 10.9. The zero-order valence-electron chi connectivity index (χ0n) is 19.1. The van der Waals surface area contributed by atoms with Gasteiger partial charge in [-0.1, -0.05) is 96.6 Å². The van der Waals surface area contributed by atoms with E-state index in [0.29, 0.717) is 0 Å². The first-order chi connectivity index (χ1) is 16.2. The lowest BCUT2D eigenvalue weighted by atomic mass is 9.90. The minimum Gasteiger partial charge on any atom is -0.497 e. The molecule has 5 rings (SSSR count). The van der Waals surface area contributed by atoms with Crippen LogP contribution in [0.15, 0.2) is 103 Å². The van der Waals surface area contributed by atoms with E-state index in [1.165, 1.54) is 54.3 Å². The Morgan fingerprint density at radius 1 is 0.545 bits per heavy atom. The third-order valence-corrected chi connectivity index (χ3v) is 7.32. The smallest absolute Gasteiger partial charge is 0.118 e. The summed E-state index contributed by atoms with van der Waals surface area (Å²) in [7, 11) is 1.71. The van der Waals surface area contributed by atoms with Crippen molar-refractivity contribution in [3.05, 3.63) is 114 Å². The summed E-state index contributed by atoms with van der Waals surface area (Å²) in [6.07, 6.45) is 0. The van der Waals surface area contributed by atoms with E-state index >= 15 is 0 Å². The molecule has 0 aliphatic heterocycles. The van der Waals surface area contributed by atoms with Gasteiger partial charge in [0, 0.05) is 20.9 Å². The zero-order valence-corrected chi connectivity index (χ0v) is 19.9. The minimum atomic E-state index is 0.867. The van der Waals surface area contributed by atoms with Crippen LogP contribution in [-0.2, 0) is 0 Å². The zero-order chi connectivity index (χ0) is 22.8. The Bertz CT molecular complexity index is 1380. The fraction of sp³-hybridized carbons (Fsp3) is 0.0968. The minimum absolute atomic E-state index is 0.867. The number of hydrogen-bond acceptors (Lipinski definition) is 2. The van der Waals surface area contributed by atoms with E-state index in [-0.39, 0.29) is 0 Å². The monoisotopic (exact) mass is 446 g/mol. The third kappa shape index (κ3) is 4.10. The standard InChI is InChI=1S/C31H26OS/c1-21-13-15-25(16-14-21)30-28(24-17-19-26(32-3)20-18-24)29(23-10-5-4-6-11-23)31(33-30)27-12-8-7-9-22(27)2/h4-20H,1-3H3. The van der Waals surface area contributed by atoms with E-state index in [2.05, 4.69) is 105 Å². The van der Waals surface area contributed by atoms with E-state index in [0.717, 1.165) is 5.75 Å². The highest BCUT2D eigenvalue weighted by Gasteiger charge is 2.23. The van der Waals surface area contributed by atoms with Gasteiger partial charge >= 0.3 is 0 Å². The van der Waals surface area contributed by atoms with Gasteiger partial charge in [0.2, 0.25) is 0 Å². The van der Waals surface area contributed by atoms with Crippen molar-refractivity contribution in [1.82, 2.24) is 0 Å². The van der Waals surface area contributed by atoms with Crippen molar-refractivity contribution >= 4 is 11.3 Å². The predicted molar refractivity (Wildman–Crippen MR) is 142 cm³/mol. The van der Waals surface area contributed by atoms with Gasteiger partial charge in [0.15, 0.2) is 0 Å². The van der Waals surface area contributed by atoms with Crippen molar-refractivity contribution in [3.63, 3.8) is 0 Å². The summed E-state index contributed by atoms with van der Waals surface area (Å²) in [4.78, 5) is 2.60. The average molecular weight is 447 g/mol. The Morgan fingerprint density at radius 2 is 1.12 bits per heavy atom. The van der Waals surface area contributed by atoms with Gasteiger partial charge in [0.25, 0.3) is 0 Å². The topological polar surface area (TPSA) is 9.23 Å². The summed E-state index contributed by atoms with van der Waals surface area (Å²) in [5, 5.41) is 0. The Balaban J connectivity index is 1.87. The number of benzene rings is 4. The van der Waals surface area contributed by atoms with Gasteiger partial charge in [0.05, 0.1) is 7.11 Å². The molecule has 5 aromatic rings. The molecule has 0 atom stereocenters. The molecular formula is C31H26OS. The number of ether oxygens (including phenoxy) is 1. The molecule has 0 aliphatic rings. The molecule has 33 heavy (non-hydrogen) atoms. The largest absolute Gasteiger partial charge is 0.497 e. The van der Waals surface area contributed by atoms with Crippen LogP contribution in [0.3, 0.4) is 0 Å². The molecule has 0 saturated heterocycles. The summed E-state index contributed by atoms with van der Waals surface area (Å²) in [6, 6.07) is 36.8. The van der Waals surface area contributed by atoms with Crippen molar-refractivity contribution in [2.24, 2.45) is 0 Å². The molecule has 0 radical (unpaired) electrons. The van der Waals surface area contributed by atoms with Gasteiger partial charge in [-0.25, -0.2) is 0 Å². The maximum absolute atomic E-state index is 5.44. The summed E-state index contributed by atoms with van der Waals surface area (Å²) < 4.78 is 5.44. The predicted octanol–water partition coefficient (Wildman–Crippen LogP) is 9.04. The molecular weight excluding hydrogens is 420 g/mol. The van der Waals surface area contributed by atoms with Crippen LogP contribution in [0.2, 0.25) is 0 Å². The van der Waals surface area contributed by atoms with Gasteiger partial charge in [0.1, 0.15) is 5.75 Å². The lowest BCUT2D eigenvalue weighted by Gasteiger charge is -2.12. The van der Waals surface area contributed by atoms with E-state index < -0.39 is 0 Å². The summed E-state index contributed by atoms with van der Waals surface area (Å²) in [5.74, 6) is 0.867. The maximum Gasteiger partial charge on any atom is 0.118 e. The van der Waals surface area contributed by atoms with Gasteiger partial charge in [-0.3, -0.25) is 0 Å². The van der Waals surface area contributed by atoms with Crippen molar-refractivity contribution in [3.8, 4) is 48.9 Å². The van der Waals surface area contributed by atoms with E-state index in [4.69, 9.17) is 4.74 Å². The second-order valence-corrected chi connectivity index (χ2v) is 9.31. The Morgan fingerprint density at radius 3 is 1.79 bits per heavy atom. The SMILES string of the molecule is COc1ccc(-c2c(-c3ccc(C)cc3)sc(-c3ccccc3C)c2-c2ccccc2)cc1. The second-order valence-electron chi connectivity index (χ2n) is 8.29. The van der Waals surface area contributed by atoms with E-state index in [9.17, 15) is 0 Å². The van der Waals surface area contributed by atoms with Crippen LogP contribution in [0.5, 0.6) is 5.75 Å². The highest BCUT2D eigenvalue weighted by Crippen LogP contribution is 2.52. The molecule has 0 N–H and O–H groups in total. The molecule has 0 unspecified atom stereocenters. The van der Waals surface area contributed by atoms with Crippen molar-refractivity contribution in [2.75, 3.05) is 7.11 Å². The molecule has 2 heteroatoms. The quantitative estimate of drug-likeness (QED) is 0.262. The van der Waals surface area contributed by atoms with Gasteiger partial charge in [-0.15, -0.1) is 11.3 Å². The van der Waals surface area contributed by atoms with Crippen LogP contribution in [0, 0.1) is 13.8 Å². The van der Waals surface area contributed by atoms with Gasteiger partial charge in [-0.05, 0) is 53.8 Å². The summed E-state index contributed by atoms with van der Waals surface area (Å²) in [5.41, 5.74) is 10.1. The first kappa shape index (κ1) is 21.2. The van der Waals surface area contributed by atoms with E-state index in [1.54, 1.807) is 7.11 Å². The second kappa shape index (κ2) is 9.09. The summed E-state index contributed by atoms with van der Waals surface area (Å²) >= 11 is 1.88. The first-order valence-corrected chi connectivity index (χ1v) is 12.0. The van der Waals surface area contributed by atoms with Crippen molar-refractivity contribution in [2.45, 2.75) is 13.8 Å². The highest BCUT2D eigenvalue weighted by atomic mass is 32.1. The number of thiophene rings is 1. The molecule has 0 spiro atoms. The molecule has 162 valence electrons. The molecule has 0 bridgehead atoms. The molecule has 0 aliphatic carbocycles. The Labute approximate surface area is 200 Å². The number of hydrogen-bond donors (Lipinski definition) is 0. The summed E-state index contributed by atoms with van der Waals surface area (Å²) in [6.45, 7) is 4.33. The van der Waals surface area contributed by atoms with Crippen LogP contribution in [0.25, 0.3) is 43.1 Å². The van der Waals surface area contributed by atoms with Crippen LogP contribution in [0.4, 0.5) is 0 Å². The van der Waals surface area contributed by atoms with Crippen LogP contribution in [-0.4, -0.2) is 7.11 Å². The average Bonchev–Trinajstić information content (AvgIpc) is 3.25. The van der Waals surface area contributed by atoms with Crippen LogP contribution < -0.4 is 4.74 Å². The molecule has 0 saturated carbocycles. The Kier molecular flexibility index (Phi) is 5.85. The highest BCUT2D eigenvalue weighted by molar-refractivity contribution is 7.20. The third-order valence-electron chi connectivity index (χ3n) is 6.05. The molecule has 1 heterocycles. The maximum atomic E-state index is 5.44. The molecule has 4 aromatic carbocycles. The van der Waals surface area contributed by atoms with Crippen molar-refractivity contribution in [1.29, 1.82) is 0 Å². The molecule has 1 nitrogen and oxygen atoms in total. The fourth-order valence-electron chi connectivity index (χ4n) is 4.27. The molecule has 0 fully saturated rings. The lowest BCUT2D eigenvalue weighted by molar-refractivity contribution is 0.415. The molecule has 1 aromatic heterocycles. The van der Waals surface area contributed by atoms with Gasteiger partial charge < -0.3 is 4.74 Å².